The molecule has 0 saturated heterocycles. The summed E-state index contributed by atoms with van der Waals surface area (Å²) in [4.78, 5) is 33.6. The Balaban J connectivity index is 2.46. The third-order valence-corrected chi connectivity index (χ3v) is 2.85. The van der Waals surface area contributed by atoms with E-state index in [9.17, 15) is 14.4 Å². The van der Waals surface area contributed by atoms with E-state index in [0.717, 1.165) is 6.29 Å². The first-order chi connectivity index (χ1) is 9.67. The minimum Gasteiger partial charge on any atom is -0.425 e. The first-order valence-electron chi connectivity index (χ1n) is 6.28. The van der Waals surface area contributed by atoms with Crippen LogP contribution in [0, 0.1) is 0 Å². The quantitative estimate of drug-likeness (QED) is 0.250. The average Bonchev–Trinajstić information content (AvgIpc) is 2.46. The Morgan fingerprint density at radius 3 is 2.60 bits per heavy atom. The van der Waals surface area contributed by atoms with Crippen LogP contribution in [-0.4, -0.2) is 30.0 Å². The molecule has 0 spiro atoms. The Morgan fingerprint density at radius 2 is 2.00 bits per heavy atom. The van der Waals surface area contributed by atoms with Crippen LogP contribution in [0.1, 0.15) is 19.3 Å². The summed E-state index contributed by atoms with van der Waals surface area (Å²) in [5.41, 5.74) is 0. The highest BCUT2D eigenvalue weighted by Gasteiger charge is 2.21. The number of ether oxygens (including phenoxy) is 1. The van der Waals surface area contributed by atoms with Crippen LogP contribution in [0.2, 0.25) is 0 Å². The molecule has 1 amide bonds. The number of esters is 1. The highest BCUT2D eigenvalue weighted by atomic mass is 32.1. The van der Waals surface area contributed by atoms with E-state index >= 15 is 0 Å². The van der Waals surface area contributed by atoms with E-state index in [4.69, 9.17) is 4.74 Å². The topological polar surface area (TPSA) is 72.5 Å². The fraction of sp³-hybridized carbons (Fsp3) is 0.357. The number of unbranched alkanes of at least 4 members (excludes halogenated alkanes) is 1. The number of carbonyl (C=O) groups excluding carboxylic acids is 3. The fourth-order valence-corrected chi connectivity index (χ4v) is 1.71. The molecule has 108 valence electrons. The number of aldehydes is 1. The van der Waals surface area contributed by atoms with Crippen molar-refractivity contribution in [3.63, 3.8) is 0 Å². The number of nitrogens with one attached hydrogen (secondary N) is 1. The molecule has 1 atom stereocenters. The van der Waals surface area contributed by atoms with Crippen LogP contribution >= 0.6 is 12.6 Å². The predicted octanol–water partition coefficient (Wildman–Crippen LogP) is 1.38. The molecule has 0 aliphatic heterocycles. The number of carbonyl (C=O) groups is 3. The Bertz CT molecular complexity index is 450. The molecule has 0 aliphatic rings. The van der Waals surface area contributed by atoms with Gasteiger partial charge in [0.15, 0.2) is 0 Å². The van der Waals surface area contributed by atoms with Crippen molar-refractivity contribution in [3.05, 3.63) is 30.3 Å². The Labute approximate surface area is 123 Å². The predicted molar refractivity (Wildman–Crippen MR) is 77.8 cm³/mol. The average molecular weight is 295 g/mol. The molecule has 0 radical (unpaired) electrons. The van der Waals surface area contributed by atoms with Crippen molar-refractivity contribution in [1.29, 1.82) is 0 Å². The van der Waals surface area contributed by atoms with E-state index in [-0.39, 0.29) is 18.1 Å². The lowest BCUT2D eigenvalue weighted by molar-refractivity contribution is -0.138. The summed E-state index contributed by atoms with van der Waals surface area (Å²) in [5.74, 6) is -0.296. The number of para-hydroxylation sites is 1. The van der Waals surface area contributed by atoms with Gasteiger partial charge in [0, 0.05) is 18.6 Å². The molecule has 0 aromatic heterocycles. The molecule has 0 saturated carbocycles. The monoisotopic (exact) mass is 295 g/mol. The molecule has 1 rings (SSSR count). The van der Waals surface area contributed by atoms with Crippen LogP contribution in [0.25, 0.3) is 0 Å². The first-order valence-corrected chi connectivity index (χ1v) is 6.91. The van der Waals surface area contributed by atoms with Crippen molar-refractivity contribution in [2.45, 2.75) is 25.3 Å². The number of thiol groups is 1. The van der Waals surface area contributed by atoms with E-state index in [1.54, 1.807) is 24.3 Å². The van der Waals surface area contributed by atoms with Crippen molar-refractivity contribution in [2.24, 2.45) is 0 Å². The summed E-state index contributed by atoms with van der Waals surface area (Å²) >= 11 is 4.03. The van der Waals surface area contributed by atoms with Crippen LogP contribution in [0.5, 0.6) is 5.75 Å². The van der Waals surface area contributed by atoms with Gasteiger partial charge in [-0.1, -0.05) is 18.2 Å². The fourth-order valence-electron chi connectivity index (χ4n) is 1.47. The summed E-state index contributed by atoms with van der Waals surface area (Å²) in [7, 11) is 0. The van der Waals surface area contributed by atoms with Gasteiger partial charge >= 0.3 is 5.97 Å². The molecule has 0 unspecified atom stereocenters. The zero-order chi connectivity index (χ0) is 14.8. The molecule has 1 N–H and O–H groups in total. The largest absolute Gasteiger partial charge is 0.425 e. The molecule has 0 heterocycles. The maximum atomic E-state index is 11.9. The Morgan fingerprint density at radius 1 is 1.30 bits per heavy atom. The van der Waals surface area contributed by atoms with Gasteiger partial charge in [-0.05, 0) is 18.6 Å². The van der Waals surface area contributed by atoms with Gasteiger partial charge in [0.2, 0.25) is 5.91 Å². The van der Waals surface area contributed by atoms with Gasteiger partial charge in [-0.3, -0.25) is 4.79 Å². The van der Waals surface area contributed by atoms with Gasteiger partial charge < -0.3 is 14.8 Å². The lowest BCUT2D eigenvalue weighted by Gasteiger charge is -2.15. The zero-order valence-electron chi connectivity index (χ0n) is 11.0. The molecule has 0 bridgehead atoms. The van der Waals surface area contributed by atoms with Gasteiger partial charge in [0.1, 0.15) is 18.1 Å². The van der Waals surface area contributed by atoms with E-state index in [1.807, 2.05) is 6.07 Å². The molecule has 5 nitrogen and oxygen atoms in total. The highest BCUT2D eigenvalue weighted by Crippen LogP contribution is 2.09. The molecule has 1 aromatic rings. The normalized spacial score (nSPS) is 11.4. The molecule has 0 aliphatic carbocycles. The number of hydrogen-bond donors (Lipinski definition) is 2. The number of benzene rings is 1. The maximum Gasteiger partial charge on any atom is 0.334 e. The van der Waals surface area contributed by atoms with Crippen LogP contribution in [0.3, 0.4) is 0 Å². The van der Waals surface area contributed by atoms with E-state index in [0.29, 0.717) is 18.6 Å². The van der Waals surface area contributed by atoms with Gasteiger partial charge in [-0.15, -0.1) is 0 Å². The second kappa shape index (κ2) is 9.14. The number of hydrogen-bond acceptors (Lipinski definition) is 5. The summed E-state index contributed by atoms with van der Waals surface area (Å²) in [5, 5.41) is 2.54. The standard InChI is InChI=1S/C14H17NO4S/c16-9-5-4-8-13(17)15-12(10-20)14(18)19-11-6-2-1-3-7-11/h1-3,6-7,9,12,20H,4-5,8,10H2,(H,15,17)/t12-/m0/s1. The molecular formula is C14H17NO4S. The van der Waals surface area contributed by atoms with Gasteiger partial charge in [-0.2, -0.15) is 12.6 Å². The minimum absolute atomic E-state index is 0.144. The van der Waals surface area contributed by atoms with E-state index in [2.05, 4.69) is 17.9 Å². The zero-order valence-corrected chi connectivity index (χ0v) is 11.8. The van der Waals surface area contributed by atoms with Crippen molar-refractivity contribution in [2.75, 3.05) is 5.75 Å². The van der Waals surface area contributed by atoms with Crippen molar-refractivity contribution in [3.8, 4) is 5.75 Å². The van der Waals surface area contributed by atoms with Gasteiger partial charge in [0.25, 0.3) is 0 Å². The summed E-state index contributed by atoms with van der Waals surface area (Å²) in [6.45, 7) is 0. The molecule has 0 fully saturated rings. The third kappa shape index (κ3) is 5.88. The van der Waals surface area contributed by atoms with E-state index in [1.165, 1.54) is 0 Å². The molecular weight excluding hydrogens is 278 g/mol. The van der Waals surface area contributed by atoms with Crippen LogP contribution in [0.15, 0.2) is 30.3 Å². The smallest absolute Gasteiger partial charge is 0.334 e. The lowest BCUT2D eigenvalue weighted by Crippen LogP contribution is -2.44. The lowest BCUT2D eigenvalue weighted by atomic mass is 10.2. The Hall–Kier alpha value is -1.82. The van der Waals surface area contributed by atoms with Crippen molar-refractivity contribution in [1.82, 2.24) is 5.32 Å². The second-order valence-electron chi connectivity index (χ2n) is 4.10. The third-order valence-electron chi connectivity index (χ3n) is 2.49. The highest BCUT2D eigenvalue weighted by molar-refractivity contribution is 7.80. The van der Waals surface area contributed by atoms with Gasteiger partial charge in [-0.25, -0.2) is 4.79 Å². The Kier molecular flexibility index (Phi) is 7.42. The number of rotatable bonds is 8. The minimum atomic E-state index is -0.803. The van der Waals surface area contributed by atoms with Crippen molar-refractivity contribution >= 4 is 30.8 Å². The van der Waals surface area contributed by atoms with E-state index < -0.39 is 12.0 Å². The maximum absolute atomic E-state index is 11.9. The van der Waals surface area contributed by atoms with Crippen LogP contribution in [-0.2, 0) is 14.4 Å². The molecule has 1 aromatic carbocycles. The summed E-state index contributed by atoms with van der Waals surface area (Å²) in [6.07, 6.45) is 1.74. The summed E-state index contributed by atoms with van der Waals surface area (Å²) < 4.78 is 5.14. The van der Waals surface area contributed by atoms with Gasteiger partial charge in [0.05, 0.1) is 0 Å². The molecule has 20 heavy (non-hydrogen) atoms. The first kappa shape index (κ1) is 16.2. The van der Waals surface area contributed by atoms with Crippen LogP contribution < -0.4 is 10.1 Å². The van der Waals surface area contributed by atoms with Crippen molar-refractivity contribution < 1.29 is 19.1 Å². The van der Waals surface area contributed by atoms with Crippen LogP contribution in [0.4, 0.5) is 0 Å². The number of amides is 1. The molecule has 6 heteroatoms. The second-order valence-corrected chi connectivity index (χ2v) is 4.46. The SMILES string of the molecule is O=CCCCC(=O)N[C@@H](CS)C(=O)Oc1ccccc1. The summed E-state index contributed by atoms with van der Waals surface area (Å²) in [6, 6.07) is 7.80.